The normalized spacial score (nSPS) is 30.2. The average Bonchev–Trinajstić information content (AvgIpc) is 3.07. The third kappa shape index (κ3) is 3.43. The van der Waals surface area contributed by atoms with Gasteiger partial charge in [-0.2, -0.15) is 0 Å². The fraction of sp³-hybridized carbons (Fsp3) is 0.632. The van der Waals surface area contributed by atoms with E-state index in [1.807, 2.05) is 30.3 Å². The van der Waals surface area contributed by atoms with Crippen molar-refractivity contribution in [3.05, 3.63) is 35.9 Å². The monoisotopic (exact) mass is 365 g/mol. The van der Waals surface area contributed by atoms with Gasteiger partial charge in [0.1, 0.15) is 0 Å². The summed E-state index contributed by atoms with van der Waals surface area (Å²) in [7, 11) is 0. The first-order valence-corrected chi connectivity index (χ1v) is 9.21. The summed E-state index contributed by atoms with van der Waals surface area (Å²) in [5.74, 6) is 1.16. The molecule has 5 nitrogen and oxygen atoms in total. The van der Waals surface area contributed by atoms with Crippen LogP contribution in [0.5, 0.6) is 0 Å². The Bertz CT molecular complexity index is 584. The fourth-order valence-corrected chi connectivity index (χ4v) is 4.69. The molecule has 0 spiro atoms. The number of nitrogens with one attached hydrogen (secondary N) is 3. The fourth-order valence-electron chi connectivity index (χ4n) is 4.69. The molecule has 3 unspecified atom stereocenters. The van der Waals surface area contributed by atoms with Crippen molar-refractivity contribution in [2.24, 2.45) is 17.8 Å². The number of carbonyl (C=O) groups is 1. The van der Waals surface area contributed by atoms with Gasteiger partial charge in [-0.25, -0.2) is 0 Å². The Hall–Kier alpha value is -1.14. The molecule has 1 heterocycles. The summed E-state index contributed by atoms with van der Waals surface area (Å²) in [6, 6.07) is 9.93. The molecule has 4 rings (SSSR count). The Labute approximate surface area is 155 Å². The van der Waals surface area contributed by atoms with Crippen LogP contribution in [0.15, 0.2) is 30.3 Å². The summed E-state index contributed by atoms with van der Waals surface area (Å²) >= 11 is 0. The summed E-state index contributed by atoms with van der Waals surface area (Å²) in [6.45, 7) is 2.58. The van der Waals surface area contributed by atoms with Crippen LogP contribution in [0.25, 0.3) is 0 Å². The maximum absolute atomic E-state index is 12.9. The second-order valence-corrected chi connectivity index (χ2v) is 7.51. The van der Waals surface area contributed by atoms with E-state index < -0.39 is 5.60 Å². The van der Waals surface area contributed by atoms with E-state index in [1.54, 1.807) is 0 Å². The first-order valence-electron chi connectivity index (χ1n) is 9.21. The Morgan fingerprint density at radius 2 is 1.80 bits per heavy atom. The minimum Gasteiger partial charge on any atom is -0.375 e. The molecule has 1 saturated heterocycles. The van der Waals surface area contributed by atoms with Crippen LogP contribution < -0.4 is 16.0 Å². The molecule has 4 N–H and O–H groups in total. The topological polar surface area (TPSA) is 73.4 Å². The van der Waals surface area contributed by atoms with Crippen molar-refractivity contribution in [1.82, 2.24) is 16.0 Å². The largest absolute Gasteiger partial charge is 0.375 e. The van der Waals surface area contributed by atoms with E-state index in [-0.39, 0.29) is 24.2 Å². The van der Waals surface area contributed by atoms with Gasteiger partial charge in [-0.3, -0.25) is 10.1 Å². The molecule has 1 amide bonds. The van der Waals surface area contributed by atoms with Crippen LogP contribution in [0.2, 0.25) is 0 Å². The molecule has 6 heteroatoms. The summed E-state index contributed by atoms with van der Waals surface area (Å²) in [4.78, 5) is 12.9. The van der Waals surface area contributed by atoms with Crippen molar-refractivity contribution in [2.75, 3.05) is 19.8 Å². The van der Waals surface area contributed by atoms with E-state index in [0.29, 0.717) is 30.1 Å². The Kier molecular flexibility index (Phi) is 5.68. The molecule has 0 radical (unpaired) electrons. The lowest BCUT2D eigenvalue weighted by Gasteiger charge is -2.33. The van der Waals surface area contributed by atoms with Gasteiger partial charge in [0, 0.05) is 12.0 Å². The van der Waals surface area contributed by atoms with Gasteiger partial charge >= 0.3 is 0 Å². The second-order valence-electron chi connectivity index (χ2n) is 7.51. The lowest BCUT2D eigenvalue weighted by molar-refractivity contribution is -0.147. The van der Waals surface area contributed by atoms with Gasteiger partial charge in [0.25, 0.3) is 5.91 Å². The zero-order valence-electron chi connectivity index (χ0n) is 14.4. The number of hydrogen-bond donors (Lipinski definition) is 4. The van der Waals surface area contributed by atoms with Gasteiger partial charge < -0.3 is 15.7 Å². The van der Waals surface area contributed by atoms with Crippen molar-refractivity contribution in [3.63, 3.8) is 0 Å². The van der Waals surface area contributed by atoms with E-state index in [9.17, 15) is 9.90 Å². The molecule has 1 aromatic carbocycles. The highest BCUT2D eigenvalue weighted by Gasteiger charge is 2.52. The van der Waals surface area contributed by atoms with Gasteiger partial charge in [0.15, 0.2) is 5.60 Å². The number of halogens is 1. The summed E-state index contributed by atoms with van der Waals surface area (Å²) in [5, 5.41) is 21.1. The van der Waals surface area contributed by atoms with E-state index in [0.717, 1.165) is 38.8 Å². The van der Waals surface area contributed by atoms with Crippen molar-refractivity contribution < 1.29 is 9.90 Å². The molecule has 0 aromatic heterocycles. The summed E-state index contributed by atoms with van der Waals surface area (Å²) in [5.41, 5.74) is -0.706. The predicted molar refractivity (Wildman–Crippen MR) is 99.3 cm³/mol. The number of fused-ring (bicyclic) bond motifs is 1. The zero-order valence-corrected chi connectivity index (χ0v) is 15.2. The molecular weight excluding hydrogens is 338 g/mol. The lowest BCUT2D eigenvalue weighted by Crippen LogP contribution is -2.51. The van der Waals surface area contributed by atoms with E-state index in [2.05, 4.69) is 16.0 Å². The Morgan fingerprint density at radius 1 is 1.16 bits per heavy atom. The minimum absolute atomic E-state index is 0. The maximum Gasteiger partial charge on any atom is 0.257 e. The van der Waals surface area contributed by atoms with Crippen LogP contribution in [0.4, 0.5) is 0 Å². The minimum atomic E-state index is -1.42. The van der Waals surface area contributed by atoms with Crippen LogP contribution in [0, 0.1) is 17.8 Å². The van der Waals surface area contributed by atoms with E-state index in [4.69, 9.17) is 0 Å². The van der Waals surface area contributed by atoms with Crippen LogP contribution in [-0.2, 0) is 10.4 Å². The number of piperidine rings is 1. The number of rotatable bonds is 6. The maximum atomic E-state index is 12.9. The number of amides is 1. The van der Waals surface area contributed by atoms with Gasteiger partial charge in [-0.05, 0) is 43.3 Å². The highest BCUT2D eigenvalue weighted by molar-refractivity contribution is 5.86. The molecular formula is C19H28ClN3O2. The predicted octanol–water partition coefficient (Wildman–Crippen LogP) is 1.37. The molecule has 25 heavy (non-hydrogen) atoms. The smallest absolute Gasteiger partial charge is 0.257 e. The standard InChI is InChI=1S/C19H27N3O2.ClH/c23-18(22-12-21-17-15-10-20-11-16(15)17)19(24,14-8-4-5-9-14)13-6-2-1-3-7-13;/h1-3,6-7,14-17,20-21,24H,4-5,8-12H2,(H,22,23);1H. The van der Waals surface area contributed by atoms with Gasteiger partial charge in [-0.15, -0.1) is 12.4 Å². The van der Waals surface area contributed by atoms with Crippen LogP contribution in [-0.4, -0.2) is 36.8 Å². The first-order chi connectivity index (χ1) is 11.7. The van der Waals surface area contributed by atoms with Crippen molar-refractivity contribution in [1.29, 1.82) is 0 Å². The quantitative estimate of drug-likeness (QED) is 0.574. The van der Waals surface area contributed by atoms with Crippen LogP contribution >= 0.6 is 12.4 Å². The average molecular weight is 366 g/mol. The highest BCUT2D eigenvalue weighted by atomic mass is 35.5. The number of benzene rings is 1. The highest BCUT2D eigenvalue weighted by Crippen LogP contribution is 2.42. The number of aliphatic hydroxyl groups is 1. The Balaban J connectivity index is 0.00000182. The third-order valence-corrected chi connectivity index (χ3v) is 6.18. The third-order valence-electron chi connectivity index (χ3n) is 6.18. The molecule has 3 fully saturated rings. The molecule has 1 aliphatic heterocycles. The van der Waals surface area contributed by atoms with Gasteiger partial charge in [0.05, 0.1) is 6.67 Å². The Morgan fingerprint density at radius 3 is 2.44 bits per heavy atom. The molecule has 0 bridgehead atoms. The second kappa shape index (κ2) is 7.62. The van der Waals surface area contributed by atoms with Gasteiger partial charge in [0.2, 0.25) is 0 Å². The molecule has 3 aliphatic rings. The van der Waals surface area contributed by atoms with Crippen LogP contribution in [0.3, 0.4) is 0 Å². The lowest BCUT2D eigenvalue weighted by atomic mass is 9.79. The zero-order chi connectivity index (χ0) is 16.6. The molecule has 2 aliphatic carbocycles. The van der Waals surface area contributed by atoms with E-state index in [1.165, 1.54) is 0 Å². The number of hydrogen-bond acceptors (Lipinski definition) is 4. The SMILES string of the molecule is Cl.O=C(NCNC1C2CNCC21)C(O)(c1ccccc1)C1CCCC1. The summed E-state index contributed by atoms with van der Waals surface area (Å²) in [6.07, 6.45) is 3.99. The van der Waals surface area contributed by atoms with Crippen molar-refractivity contribution in [3.8, 4) is 0 Å². The number of carbonyl (C=O) groups excluding carboxylic acids is 1. The summed E-state index contributed by atoms with van der Waals surface area (Å²) < 4.78 is 0. The van der Waals surface area contributed by atoms with Crippen LogP contribution in [0.1, 0.15) is 31.2 Å². The first kappa shape index (κ1) is 18.6. The molecule has 138 valence electrons. The van der Waals surface area contributed by atoms with Gasteiger partial charge in [-0.1, -0.05) is 43.2 Å². The molecule has 1 aromatic rings. The molecule has 3 atom stereocenters. The van der Waals surface area contributed by atoms with Crippen molar-refractivity contribution >= 4 is 18.3 Å². The molecule has 2 saturated carbocycles. The van der Waals surface area contributed by atoms with E-state index >= 15 is 0 Å². The van der Waals surface area contributed by atoms with Crippen molar-refractivity contribution in [2.45, 2.75) is 37.3 Å².